The molecule has 9 heteroatoms. The van der Waals surface area contributed by atoms with Crippen molar-refractivity contribution in [3.63, 3.8) is 0 Å². The number of ether oxygens (including phenoxy) is 2. The Bertz CT molecular complexity index is 200. The van der Waals surface area contributed by atoms with Gasteiger partial charge < -0.3 is 14.7 Å². The summed E-state index contributed by atoms with van der Waals surface area (Å²) in [6, 6.07) is 0. The van der Waals surface area contributed by atoms with Crippen molar-refractivity contribution in [2.24, 2.45) is 0 Å². The van der Waals surface area contributed by atoms with Gasteiger partial charge in [-0.15, -0.1) is 0 Å². The second-order valence-corrected chi connectivity index (χ2v) is 2.92. The predicted molar refractivity (Wildman–Crippen MR) is 42.2 cm³/mol. The van der Waals surface area contributed by atoms with E-state index < -0.39 is 17.2 Å². The van der Waals surface area contributed by atoms with E-state index in [1.807, 2.05) is 0 Å². The second-order valence-electron chi connectivity index (χ2n) is 2.02. The molecule has 0 aliphatic rings. The van der Waals surface area contributed by atoms with Crippen molar-refractivity contribution in [1.29, 1.82) is 0 Å². The van der Waals surface area contributed by atoms with Crippen LogP contribution in [0.15, 0.2) is 0 Å². The van der Waals surface area contributed by atoms with Gasteiger partial charge in [0.15, 0.2) is 0 Å². The summed E-state index contributed by atoms with van der Waals surface area (Å²) in [5.74, 6) is -1.33. The van der Waals surface area contributed by atoms with Crippen molar-refractivity contribution in [1.82, 2.24) is 0 Å². The standard InChI is InChI=1S/C6H10O7S.Na/c1-10-5(7)3-4(6(8)11-2)14-13-12-9;/h4,9H,3H2,1-2H3;/q;+1/p-1. The third kappa shape index (κ3) is 8.03. The van der Waals surface area contributed by atoms with E-state index in [4.69, 9.17) is 0 Å². The Kier molecular flexibility index (Phi) is 12.5. The first-order chi connectivity index (χ1) is 6.65. The van der Waals surface area contributed by atoms with Gasteiger partial charge in [-0.3, -0.25) is 14.6 Å². The first kappa shape index (κ1) is 17.6. The van der Waals surface area contributed by atoms with Gasteiger partial charge in [0.05, 0.1) is 20.6 Å². The molecule has 0 saturated carbocycles. The van der Waals surface area contributed by atoms with Crippen LogP contribution in [0.5, 0.6) is 0 Å². The van der Waals surface area contributed by atoms with E-state index in [0.29, 0.717) is 12.0 Å². The Morgan fingerprint density at radius 1 is 1.33 bits per heavy atom. The van der Waals surface area contributed by atoms with Gasteiger partial charge in [-0.05, 0) is 0 Å². The van der Waals surface area contributed by atoms with Crippen molar-refractivity contribution in [3.05, 3.63) is 0 Å². The third-order valence-corrected chi connectivity index (χ3v) is 1.95. The predicted octanol–water partition coefficient (Wildman–Crippen LogP) is -4.03. The topological polar surface area (TPSA) is 94.1 Å². The maximum absolute atomic E-state index is 11.0. The quantitative estimate of drug-likeness (QED) is 0.154. The molecule has 0 bridgehead atoms. The van der Waals surface area contributed by atoms with Crippen molar-refractivity contribution in [2.75, 3.05) is 14.2 Å². The summed E-state index contributed by atoms with van der Waals surface area (Å²) in [6.07, 6.45) is -0.267. The van der Waals surface area contributed by atoms with Gasteiger partial charge >= 0.3 is 41.5 Å². The summed E-state index contributed by atoms with van der Waals surface area (Å²) in [4.78, 5) is 21.8. The molecule has 15 heavy (non-hydrogen) atoms. The van der Waals surface area contributed by atoms with Crippen molar-refractivity contribution < 1.29 is 63.2 Å². The smallest absolute Gasteiger partial charge is 0.691 e. The molecule has 0 spiro atoms. The maximum atomic E-state index is 11.0. The Morgan fingerprint density at radius 3 is 2.33 bits per heavy atom. The molecule has 0 radical (unpaired) electrons. The molecule has 1 atom stereocenters. The third-order valence-electron chi connectivity index (χ3n) is 1.23. The molecule has 0 amide bonds. The van der Waals surface area contributed by atoms with Gasteiger partial charge in [-0.25, -0.2) is 0 Å². The van der Waals surface area contributed by atoms with E-state index >= 15 is 0 Å². The summed E-state index contributed by atoms with van der Waals surface area (Å²) in [6.45, 7) is 0. The van der Waals surface area contributed by atoms with Crippen LogP contribution in [0.4, 0.5) is 0 Å². The van der Waals surface area contributed by atoms with Crippen LogP contribution in [0.2, 0.25) is 0 Å². The number of methoxy groups -OCH3 is 2. The van der Waals surface area contributed by atoms with Gasteiger partial charge in [0.1, 0.15) is 5.25 Å². The molecule has 0 aliphatic carbocycles. The first-order valence-corrected chi connectivity index (χ1v) is 4.22. The number of rotatable bonds is 6. The SMILES string of the molecule is COC(=O)CC(SOO[O-])C(=O)OC.[Na+]. The molecule has 0 aromatic heterocycles. The molecule has 0 rings (SSSR count). The van der Waals surface area contributed by atoms with Crippen molar-refractivity contribution >= 4 is 24.0 Å². The first-order valence-electron chi connectivity index (χ1n) is 3.42. The molecule has 0 aromatic carbocycles. The van der Waals surface area contributed by atoms with E-state index in [1.54, 1.807) is 0 Å². The van der Waals surface area contributed by atoms with E-state index in [9.17, 15) is 14.8 Å². The molecule has 0 saturated heterocycles. The van der Waals surface area contributed by atoms with Crippen LogP contribution < -0.4 is 34.8 Å². The maximum Gasteiger partial charge on any atom is 1.00 e. The molecule has 1 unspecified atom stereocenters. The van der Waals surface area contributed by atoms with Gasteiger partial charge in [-0.2, -0.15) is 4.33 Å². The van der Waals surface area contributed by atoms with Gasteiger partial charge in [0, 0.05) is 12.0 Å². The Balaban J connectivity index is 0. The zero-order valence-corrected chi connectivity index (χ0v) is 11.4. The fourth-order valence-electron chi connectivity index (χ4n) is 0.586. The Morgan fingerprint density at radius 2 is 1.93 bits per heavy atom. The second kappa shape index (κ2) is 10.7. The van der Waals surface area contributed by atoms with E-state index in [-0.39, 0.29) is 36.0 Å². The minimum atomic E-state index is -0.985. The molecular weight excluding hydrogens is 239 g/mol. The summed E-state index contributed by atoms with van der Waals surface area (Å²) < 4.78 is 12.6. The number of esters is 2. The Labute approximate surface area is 113 Å². The molecule has 0 N–H and O–H groups in total. The molecule has 0 aromatic rings. The van der Waals surface area contributed by atoms with Gasteiger partial charge in [0.2, 0.25) is 0 Å². The van der Waals surface area contributed by atoms with Crippen LogP contribution in [0.1, 0.15) is 6.42 Å². The van der Waals surface area contributed by atoms with E-state index in [2.05, 4.69) is 18.8 Å². The van der Waals surface area contributed by atoms with Gasteiger partial charge in [0.25, 0.3) is 0 Å². The van der Waals surface area contributed by atoms with Crippen LogP contribution in [0, 0.1) is 0 Å². The molecule has 0 fully saturated rings. The number of hydrogen-bond acceptors (Lipinski definition) is 8. The van der Waals surface area contributed by atoms with Crippen molar-refractivity contribution in [3.8, 4) is 0 Å². The summed E-state index contributed by atoms with van der Waals surface area (Å²) in [7, 11) is 2.32. The van der Waals surface area contributed by atoms with Crippen LogP contribution >= 0.6 is 12.0 Å². The van der Waals surface area contributed by atoms with Crippen LogP contribution in [-0.4, -0.2) is 31.4 Å². The zero-order valence-electron chi connectivity index (χ0n) is 8.55. The van der Waals surface area contributed by atoms with E-state index in [1.165, 1.54) is 7.11 Å². The van der Waals surface area contributed by atoms with Crippen molar-refractivity contribution in [2.45, 2.75) is 11.7 Å². The molecular formula is C6H9NaO7S. The fourth-order valence-corrected chi connectivity index (χ4v) is 1.09. The monoisotopic (exact) mass is 248 g/mol. The molecule has 7 nitrogen and oxygen atoms in total. The minimum absolute atomic E-state index is 0. The minimum Gasteiger partial charge on any atom is -0.691 e. The number of carbonyl (C=O) groups is 2. The average Bonchev–Trinajstić information content (AvgIpc) is 2.22. The van der Waals surface area contributed by atoms with Crippen LogP contribution in [0.25, 0.3) is 0 Å². The zero-order chi connectivity index (χ0) is 11.0. The Hall–Kier alpha value is 0.170. The summed E-state index contributed by atoms with van der Waals surface area (Å²) >= 11 is 0.388. The van der Waals surface area contributed by atoms with Crippen LogP contribution in [0.3, 0.4) is 0 Å². The normalized spacial score (nSPS) is 11.1. The largest absolute Gasteiger partial charge is 1.00 e. The molecule has 0 heterocycles. The molecule has 0 aliphatic heterocycles. The molecule has 82 valence electrons. The van der Waals surface area contributed by atoms with Crippen LogP contribution in [-0.2, 0) is 28.4 Å². The fraction of sp³-hybridized carbons (Fsp3) is 0.667. The summed E-state index contributed by atoms with van der Waals surface area (Å²) in [5.41, 5.74) is 0. The number of hydrogen-bond donors (Lipinski definition) is 0. The van der Waals surface area contributed by atoms with E-state index in [0.717, 1.165) is 7.11 Å². The summed E-state index contributed by atoms with van der Waals surface area (Å²) in [5, 5.41) is 11.5. The number of carbonyl (C=O) groups excluding carboxylic acids is 2. The van der Waals surface area contributed by atoms with Gasteiger partial charge in [-0.1, -0.05) is 0 Å². The average molecular weight is 248 g/mol.